The third-order valence-corrected chi connectivity index (χ3v) is 3.34. The van der Waals surface area contributed by atoms with Crippen LogP contribution in [0.15, 0.2) is 0 Å². The first kappa shape index (κ1) is 31.1. The van der Waals surface area contributed by atoms with Crippen molar-refractivity contribution in [2.75, 3.05) is 13.2 Å². The lowest BCUT2D eigenvalue weighted by molar-refractivity contribution is -0.430. The lowest BCUT2D eigenvalue weighted by Gasteiger charge is -2.29. The first-order valence-corrected chi connectivity index (χ1v) is 8.15. The Balaban J connectivity index is 4.49. The molecule has 0 atom stereocenters. The van der Waals surface area contributed by atoms with Crippen molar-refractivity contribution in [2.24, 2.45) is 0 Å². The molecule has 0 aliphatic carbocycles. The summed E-state index contributed by atoms with van der Waals surface area (Å²) in [5, 5.41) is 0. The summed E-state index contributed by atoms with van der Waals surface area (Å²) in [5.74, 6) is -15.3. The second-order valence-corrected chi connectivity index (χ2v) is 5.93. The van der Waals surface area contributed by atoms with Crippen LogP contribution in [-0.2, 0) is 23.8 Å². The van der Waals surface area contributed by atoms with E-state index in [9.17, 15) is 71.1 Å². The number of rotatable bonds is 10. The number of alkyl halides is 14. The van der Waals surface area contributed by atoms with Gasteiger partial charge in [0, 0.05) is 12.8 Å². The van der Waals surface area contributed by atoms with Crippen LogP contribution in [0.25, 0.3) is 0 Å². The summed E-state index contributed by atoms with van der Waals surface area (Å²) in [6.07, 6.45) is -30.3. The van der Waals surface area contributed by atoms with Crippen molar-refractivity contribution in [1.29, 1.82) is 0 Å². The van der Waals surface area contributed by atoms with Crippen molar-refractivity contribution in [2.45, 2.75) is 62.1 Å². The van der Waals surface area contributed by atoms with Crippen LogP contribution in [0.1, 0.15) is 25.7 Å². The van der Waals surface area contributed by atoms with Gasteiger partial charge in [0.05, 0.1) is 13.2 Å². The molecule has 0 amide bonds. The fourth-order valence-corrected chi connectivity index (χ4v) is 1.74. The molecule has 0 aromatic heterocycles. The van der Waals surface area contributed by atoms with Gasteiger partial charge in [-0.05, 0) is 12.8 Å². The summed E-state index contributed by atoms with van der Waals surface area (Å²) in [6.45, 7) is -3.25. The molecule has 0 unspecified atom stereocenters. The zero-order chi connectivity index (χ0) is 26.5. The van der Waals surface area contributed by atoms with E-state index in [2.05, 4.69) is 14.2 Å². The second kappa shape index (κ2) is 10.6. The van der Waals surface area contributed by atoms with Crippen molar-refractivity contribution in [3.63, 3.8) is 0 Å². The van der Waals surface area contributed by atoms with Gasteiger partial charge in [0.25, 0.3) is 0 Å². The van der Waals surface area contributed by atoms with Crippen LogP contribution in [0.3, 0.4) is 0 Å². The largest absolute Gasteiger partial charge is 0.458 e. The molecule has 0 heterocycles. The minimum absolute atomic E-state index is 1.02. The molecule has 5 nitrogen and oxygen atoms in total. The van der Waals surface area contributed by atoms with Gasteiger partial charge in [-0.25, -0.2) is 0 Å². The van der Waals surface area contributed by atoms with E-state index in [1.54, 1.807) is 0 Å². The van der Waals surface area contributed by atoms with Gasteiger partial charge in [0.15, 0.2) is 0 Å². The Morgan fingerprint density at radius 2 is 0.727 bits per heavy atom. The standard InChI is InChI=1S/C14H12F14O5/c15-9(11(17,18)19,12(20,21)22)31-5-1-3-7(29)33-8(30)4-2-6-32-10(16,13(23,24)25)14(26,27)28/h1-6H2. The van der Waals surface area contributed by atoms with Gasteiger partial charge in [-0.2, -0.15) is 61.5 Å². The number of esters is 2. The molecule has 0 aromatic carbocycles. The summed E-state index contributed by atoms with van der Waals surface area (Å²) in [5.41, 5.74) is 0. The van der Waals surface area contributed by atoms with E-state index >= 15 is 0 Å². The molecular formula is C14H12F14O5. The van der Waals surface area contributed by atoms with Gasteiger partial charge in [-0.15, -0.1) is 0 Å². The number of hydrogen-bond donors (Lipinski definition) is 0. The topological polar surface area (TPSA) is 61.8 Å². The first-order valence-electron chi connectivity index (χ1n) is 8.15. The molecule has 0 fully saturated rings. The van der Waals surface area contributed by atoms with Gasteiger partial charge >= 0.3 is 48.4 Å². The van der Waals surface area contributed by atoms with Gasteiger partial charge in [-0.3, -0.25) is 9.59 Å². The summed E-state index contributed by atoms with van der Waals surface area (Å²) >= 11 is 0. The van der Waals surface area contributed by atoms with Crippen molar-refractivity contribution in [3.05, 3.63) is 0 Å². The fraction of sp³-hybridized carbons (Fsp3) is 0.857. The number of carbonyl (C=O) groups is 2. The summed E-state index contributed by atoms with van der Waals surface area (Å²) in [7, 11) is 0. The minimum atomic E-state index is -6.51. The fourth-order valence-electron chi connectivity index (χ4n) is 1.74. The van der Waals surface area contributed by atoms with Crippen molar-refractivity contribution in [1.82, 2.24) is 0 Å². The normalized spacial score (nSPS) is 14.4. The van der Waals surface area contributed by atoms with Crippen LogP contribution < -0.4 is 0 Å². The number of hydrogen-bond acceptors (Lipinski definition) is 5. The lowest BCUT2D eigenvalue weighted by atomic mass is 10.2. The van der Waals surface area contributed by atoms with Crippen LogP contribution in [-0.4, -0.2) is 61.6 Å². The van der Waals surface area contributed by atoms with Gasteiger partial charge in [0.2, 0.25) is 0 Å². The average Bonchev–Trinajstić information content (AvgIpc) is 2.58. The molecular weight excluding hydrogens is 514 g/mol. The molecule has 196 valence electrons. The van der Waals surface area contributed by atoms with E-state index in [4.69, 9.17) is 0 Å². The molecule has 0 spiro atoms. The maximum absolute atomic E-state index is 13.1. The van der Waals surface area contributed by atoms with Crippen molar-refractivity contribution >= 4 is 11.9 Å². The molecule has 0 aromatic rings. The Hall–Kier alpha value is -1.92. The Labute approximate surface area is 173 Å². The molecule has 19 heteroatoms. The molecule has 0 N–H and O–H groups in total. The maximum Gasteiger partial charge on any atom is 0.458 e. The highest BCUT2D eigenvalue weighted by Gasteiger charge is 2.75. The molecule has 0 aliphatic rings. The zero-order valence-electron chi connectivity index (χ0n) is 15.6. The van der Waals surface area contributed by atoms with E-state index < -0.39 is 87.3 Å². The molecule has 0 aliphatic heterocycles. The zero-order valence-corrected chi connectivity index (χ0v) is 15.6. The molecule has 0 bridgehead atoms. The highest BCUT2D eigenvalue weighted by atomic mass is 19.4. The van der Waals surface area contributed by atoms with Gasteiger partial charge in [0.1, 0.15) is 0 Å². The summed E-state index contributed by atoms with van der Waals surface area (Å²) in [4.78, 5) is 22.4. The van der Waals surface area contributed by atoms with Crippen molar-refractivity contribution < 1.29 is 85.3 Å². The maximum atomic E-state index is 13.1. The van der Waals surface area contributed by atoms with E-state index in [0.717, 1.165) is 0 Å². The lowest BCUT2D eigenvalue weighted by Crippen LogP contribution is -2.55. The van der Waals surface area contributed by atoms with Crippen LogP contribution in [0.5, 0.6) is 0 Å². The van der Waals surface area contributed by atoms with Crippen LogP contribution in [0.4, 0.5) is 61.5 Å². The van der Waals surface area contributed by atoms with E-state index in [1.165, 1.54) is 0 Å². The van der Waals surface area contributed by atoms with E-state index in [0.29, 0.717) is 0 Å². The van der Waals surface area contributed by atoms with Crippen LogP contribution in [0.2, 0.25) is 0 Å². The predicted octanol–water partition coefficient (Wildman–Crippen LogP) is 5.23. The molecule has 33 heavy (non-hydrogen) atoms. The van der Waals surface area contributed by atoms with Crippen LogP contribution in [0, 0.1) is 0 Å². The molecule has 0 saturated carbocycles. The predicted molar refractivity (Wildman–Crippen MR) is 73.4 cm³/mol. The number of halogens is 14. The highest BCUT2D eigenvalue weighted by Crippen LogP contribution is 2.48. The Morgan fingerprint density at radius 1 is 0.485 bits per heavy atom. The average molecular weight is 526 g/mol. The summed E-state index contributed by atoms with van der Waals surface area (Å²) in [6, 6.07) is 0. The van der Waals surface area contributed by atoms with Crippen LogP contribution >= 0.6 is 0 Å². The van der Waals surface area contributed by atoms with Gasteiger partial charge in [-0.1, -0.05) is 0 Å². The number of ether oxygens (including phenoxy) is 3. The third kappa shape index (κ3) is 8.11. The SMILES string of the molecule is O=C(CCCOC(F)(C(F)(F)F)C(F)(F)F)OC(=O)CCCOC(F)(C(F)(F)F)C(F)(F)F. The van der Waals surface area contributed by atoms with E-state index in [1.807, 2.05) is 0 Å². The summed E-state index contributed by atoms with van der Waals surface area (Å²) < 4.78 is 183. The molecule has 0 radical (unpaired) electrons. The number of carbonyl (C=O) groups excluding carboxylic acids is 2. The Bertz CT molecular complexity index is 579. The Morgan fingerprint density at radius 3 is 0.939 bits per heavy atom. The highest BCUT2D eigenvalue weighted by molar-refractivity contribution is 5.85. The Kier molecular flexibility index (Phi) is 9.95. The monoisotopic (exact) mass is 526 g/mol. The van der Waals surface area contributed by atoms with Crippen molar-refractivity contribution in [3.8, 4) is 0 Å². The molecule has 0 saturated heterocycles. The first-order chi connectivity index (χ1) is 14.5. The molecule has 0 rings (SSSR count). The minimum Gasteiger partial charge on any atom is -0.393 e. The second-order valence-electron chi connectivity index (χ2n) is 5.93. The van der Waals surface area contributed by atoms with E-state index in [-0.39, 0.29) is 0 Å². The third-order valence-electron chi connectivity index (χ3n) is 3.34. The van der Waals surface area contributed by atoms with Gasteiger partial charge < -0.3 is 14.2 Å². The quantitative estimate of drug-likeness (QED) is 0.169. The smallest absolute Gasteiger partial charge is 0.393 e.